The average molecular weight is 292 g/mol. The number of hydrogen-bond donors (Lipinski definition) is 1. The number of aryl methyl sites for hydroxylation is 1. The van der Waals surface area contributed by atoms with Crippen molar-refractivity contribution in [2.75, 3.05) is 5.32 Å². The molecule has 0 saturated heterocycles. The molecule has 1 heterocycles. The zero-order valence-electron chi connectivity index (χ0n) is 10.5. The third kappa shape index (κ3) is 2.92. The van der Waals surface area contributed by atoms with E-state index >= 15 is 0 Å². The number of nitrogens with one attached hydrogen (secondary N) is 1. The van der Waals surface area contributed by atoms with E-state index in [1.54, 1.807) is 13.0 Å². The van der Waals surface area contributed by atoms with Crippen molar-refractivity contribution in [2.45, 2.75) is 6.92 Å². The quantitative estimate of drug-likeness (QED) is 0.695. The van der Waals surface area contributed by atoms with E-state index in [0.29, 0.717) is 10.7 Å². The number of benzene rings is 1. The van der Waals surface area contributed by atoms with E-state index in [1.165, 1.54) is 30.6 Å². The van der Waals surface area contributed by atoms with Gasteiger partial charge in [-0.25, -0.2) is 0 Å². The minimum atomic E-state index is -0.602. The van der Waals surface area contributed by atoms with Gasteiger partial charge in [-0.15, -0.1) is 0 Å². The lowest BCUT2D eigenvalue weighted by molar-refractivity contribution is -0.385. The van der Waals surface area contributed by atoms with Gasteiger partial charge in [0.15, 0.2) is 0 Å². The maximum atomic E-state index is 12.1. The first-order valence-electron chi connectivity index (χ1n) is 5.65. The second kappa shape index (κ2) is 5.66. The smallest absolute Gasteiger partial charge is 0.282 e. The number of nitro benzene ring substituents is 1. The Morgan fingerprint density at radius 1 is 1.40 bits per heavy atom. The van der Waals surface area contributed by atoms with Crippen molar-refractivity contribution in [3.8, 4) is 0 Å². The highest BCUT2D eigenvalue weighted by molar-refractivity contribution is 6.33. The molecule has 1 amide bonds. The van der Waals surface area contributed by atoms with Gasteiger partial charge < -0.3 is 5.32 Å². The van der Waals surface area contributed by atoms with Gasteiger partial charge in [0.05, 0.1) is 21.8 Å². The van der Waals surface area contributed by atoms with Gasteiger partial charge in [-0.2, -0.15) is 0 Å². The molecular weight excluding hydrogens is 282 g/mol. The van der Waals surface area contributed by atoms with Crippen molar-refractivity contribution < 1.29 is 9.72 Å². The van der Waals surface area contributed by atoms with Gasteiger partial charge in [0, 0.05) is 12.3 Å². The molecule has 0 bridgehead atoms. The first-order chi connectivity index (χ1) is 9.49. The zero-order valence-corrected chi connectivity index (χ0v) is 11.2. The lowest BCUT2D eigenvalue weighted by atomic mass is 10.1. The van der Waals surface area contributed by atoms with Gasteiger partial charge in [0.2, 0.25) is 0 Å². The molecule has 2 aromatic rings. The molecule has 1 aromatic heterocycles. The number of pyridine rings is 1. The number of halogens is 1. The largest absolute Gasteiger partial charge is 0.319 e. The third-order valence-corrected chi connectivity index (χ3v) is 2.94. The maximum absolute atomic E-state index is 12.1. The minimum absolute atomic E-state index is 0.0186. The van der Waals surface area contributed by atoms with Crippen LogP contribution in [0.15, 0.2) is 36.7 Å². The van der Waals surface area contributed by atoms with E-state index in [4.69, 9.17) is 11.6 Å². The molecule has 0 saturated carbocycles. The van der Waals surface area contributed by atoms with Gasteiger partial charge in [-0.3, -0.25) is 19.9 Å². The Balaban J connectivity index is 2.37. The zero-order chi connectivity index (χ0) is 14.7. The molecule has 2 rings (SSSR count). The highest BCUT2D eigenvalue weighted by Crippen LogP contribution is 2.24. The van der Waals surface area contributed by atoms with E-state index in [1.807, 2.05) is 0 Å². The van der Waals surface area contributed by atoms with Crippen LogP contribution in [0.2, 0.25) is 5.02 Å². The molecular formula is C13H10ClN3O3. The summed E-state index contributed by atoms with van der Waals surface area (Å²) in [6.45, 7) is 1.75. The summed E-state index contributed by atoms with van der Waals surface area (Å²) in [6.07, 6.45) is 2.86. The van der Waals surface area contributed by atoms with Gasteiger partial charge >= 0.3 is 0 Å². The second-order valence-corrected chi connectivity index (χ2v) is 4.49. The number of rotatable bonds is 3. The van der Waals surface area contributed by atoms with Crippen LogP contribution in [-0.4, -0.2) is 15.8 Å². The lowest BCUT2D eigenvalue weighted by Gasteiger charge is -2.07. The van der Waals surface area contributed by atoms with Crippen molar-refractivity contribution in [2.24, 2.45) is 0 Å². The molecule has 0 aliphatic heterocycles. The summed E-state index contributed by atoms with van der Waals surface area (Å²) < 4.78 is 0. The summed E-state index contributed by atoms with van der Waals surface area (Å²) in [4.78, 5) is 26.3. The summed E-state index contributed by atoms with van der Waals surface area (Å²) in [5.41, 5.74) is 0.774. The number of aromatic nitrogens is 1. The number of nitro groups is 1. The average Bonchev–Trinajstić information content (AvgIpc) is 2.40. The highest BCUT2D eigenvalue weighted by atomic mass is 35.5. The molecule has 0 aliphatic rings. The van der Waals surface area contributed by atoms with Gasteiger partial charge in [0.25, 0.3) is 11.6 Å². The number of amides is 1. The van der Waals surface area contributed by atoms with Crippen molar-refractivity contribution in [3.63, 3.8) is 0 Å². The van der Waals surface area contributed by atoms with E-state index in [-0.39, 0.29) is 11.3 Å². The number of nitrogens with zero attached hydrogens (tertiary/aromatic N) is 2. The minimum Gasteiger partial charge on any atom is -0.319 e. The van der Waals surface area contributed by atoms with Crippen molar-refractivity contribution in [1.82, 2.24) is 4.98 Å². The fourth-order valence-corrected chi connectivity index (χ4v) is 1.80. The molecule has 0 unspecified atom stereocenters. The number of hydrogen-bond acceptors (Lipinski definition) is 4. The molecule has 102 valence electrons. The third-order valence-electron chi connectivity index (χ3n) is 2.61. The molecule has 0 spiro atoms. The fraction of sp³-hybridized carbons (Fsp3) is 0.0769. The molecule has 0 atom stereocenters. The van der Waals surface area contributed by atoms with Crippen LogP contribution >= 0.6 is 11.6 Å². The Hall–Kier alpha value is -2.47. The summed E-state index contributed by atoms with van der Waals surface area (Å²) >= 11 is 5.90. The number of carbonyl (C=O) groups is 1. The van der Waals surface area contributed by atoms with Crippen LogP contribution in [0.3, 0.4) is 0 Å². The standard InChI is InChI=1S/C13H10ClN3O3/c1-8-2-3-12(17(19)20)9(6-8)13(18)16-11-7-15-5-4-10(11)14/h2-7H,1H3,(H,16,18). The van der Waals surface area contributed by atoms with E-state index in [0.717, 1.165) is 5.56 Å². The molecule has 20 heavy (non-hydrogen) atoms. The predicted octanol–water partition coefficient (Wildman–Crippen LogP) is 3.20. The van der Waals surface area contributed by atoms with Gasteiger partial charge in [0.1, 0.15) is 5.56 Å². The SMILES string of the molecule is Cc1ccc([N+](=O)[O-])c(C(=O)Nc2cnccc2Cl)c1. The highest BCUT2D eigenvalue weighted by Gasteiger charge is 2.20. The fourth-order valence-electron chi connectivity index (χ4n) is 1.65. The molecule has 0 radical (unpaired) electrons. The van der Waals surface area contributed by atoms with Crippen LogP contribution in [0, 0.1) is 17.0 Å². The van der Waals surface area contributed by atoms with E-state index in [2.05, 4.69) is 10.3 Å². The topological polar surface area (TPSA) is 85.1 Å². The van der Waals surface area contributed by atoms with Gasteiger partial charge in [-0.05, 0) is 24.6 Å². The molecule has 7 heteroatoms. The molecule has 0 aliphatic carbocycles. The van der Waals surface area contributed by atoms with Crippen molar-refractivity contribution in [3.05, 3.63) is 62.9 Å². The normalized spacial score (nSPS) is 10.1. The summed E-state index contributed by atoms with van der Waals surface area (Å²) in [5, 5.41) is 13.8. The second-order valence-electron chi connectivity index (χ2n) is 4.09. The monoisotopic (exact) mass is 291 g/mol. The maximum Gasteiger partial charge on any atom is 0.282 e. The first-order valence-corrected chi connectivity index (χ1v) is 6.02. The van der Waals surface area contributed by atoms with E-state index in [9.17, 15) is 14.9 Å². The molecule has 6 nitrogen and oxygen atoms in total. The Morgan fingerprint density at radius 2 is 2.15 bits per heavy atom. The van der Waals surface area contributed by atoms with Crippen LogP contribution in [-0.2, 0) is 0 Å². The number of anilines is 1. The summed E-state index contributed by atoms with van der Waals surface area (Å²) in [7, 11) is 0. The Bertz CT molecular complexity index is 688. The first kappa shape index (κ1) is 14.0. The molecule has 1 aromatic carbocycles. The van der Waals surface area contributed by atoms with Crippen molar-refractivity contribution >= 4 is 28.9 Å². The van der Waals surface area contributed by atoms with Crippen LogP contribution in [0.25, 0.3) is 0 Å². The molecule has 0 fully saturated rings. The van der Waals surface area contributed by atoms with Crippen LogP contribution < -0.4 is 5.32 Å². The summed E-state index contributed by atoms with van der Waals surface area (Å²) in [6, 6.07) is 5.85. The Kier molecular flexibility index (Phi) is 3.95. The number of carbonyl (C=O) groups excluding carboxylic acids is 1. The molecule has 1 N–H and O–H groups in total. The van der Waals surface area contributed by atoms with Crippen LogP contribution in [0.4, 0.5) is 11.4 Å². The van der Waals surface area contributed by atoms with Gasteiger partial charge in [-0.1, -0.05) is 17.7 Å². The summed E-state index contributed by atoms with van der Waals surface area (Å²) in [5.74, 6) is -0.602. The van der Waals surface area contributed by atoms with Crippen LogP contribution in [0.1, 0.15) is 15.9 Å². The predicted molar refractivity (Wildman–Crippen MR) is 75.0 cm³/mol. The Labute approximate surface area is 119 Å². The van der Waals surface area contributed by atoms with Crippen LogP contribution in [0.5, 0.6) is 0 Å². The lowest BCUT2D eigenvalue weighted by Crippen LogP contribution is -2.14. The van der Waals surface area contributed by atoms with Crippen molar-refractivity contribution in [1.29, 1.82) is 0 Å². The van der Waals surface area contributed by atoms with E-state index < -0.39 is 10.8 Å². The Morgan fingerprint density at radius 3 is 2.80 bits per heavy atom.